The molecule has 0 aliphatic carbocycles. The van der Waals surface area contributed by atoms with E-state index in [1.54, 1.807) is 37.4 Å². The molecule has 0 unspecified atom stereocenters. The molecule has 1 N–H and O–H groups in total. The number of nitrogens with zero attached hydrogens (tertiary/aromatic N) is 2. The van der Waals surface area contributed by atoms with E-state index in [9.17, 15) is 13.2 Å². The number of imidazole rings is 1. The van der Waals surface area contributed by atoms with Crippen LogP contribution in [0.5, 0.6) is 0 Å². The van der Waals surface area contributed by atoms with Crippen molar-refractivity contribution in [2.24, 2.45) is 0 Å². The quantitative estimate of drug-likeness (QED) is 0.486. The molecule has 2 aromatic carbocycles. The molecule has 10 heteroatoms. The van der Waals surface area contributed by atoms with Crippen molar-refractivity contribution in [3.63, 3.8) is 0 Å². The summed E-state index contributed by atoms with van der Waals surface area (Å²) in [7, 11) is -2.12. The molecule has 0 saturated heterocycles. The number of hydrogen-bond donors (Lipinski definition) is 1. The Morgan fingerprint density at radius 2 is 1.97 bits per heavy atom. The molecule has 166 valence electrons. The Balaban J connectivity index is 1.99. The molecule has 1 aromatic heterocycles. The van der Waals surface area contributed by atoms with Gasteiger partial charge in [-0.2, -0.15) is 0 Å². The predicted octanol–water partition coefficient (Wildman–Crippen LogP) is 4.40. The highest BCUT2D eigenvalue weighted by atomic mass is 35.5. The fourth-order valence-corrected chi connectivity index (χ4v) is 4.77. The summed E-state index contributed by atoms with van der Waals surface area (Å²) in [6.07, 6.45) is 1.20. The second-order valence-electron chi connectivity index (χ2n) is 7.09. The number of halogens is 2. The number of sulfonamides is 1. The van der Waals surface area contributed by atoms with Crippen LogP contribution >= 0.6 is 23.2 Å². The van der Waals surface area contributed by atoms with E-state index in [0.717, 1.165) is 12.0 Å². The third-order valence-corrected chi connectivity index (χ3v) is 6.63. The summed E-state index contributed by atoms with van der Waals surface area (Å²) in [5.41, 5.74) is 2.36. The number of amides is 1. The highest BCUT2D eigenvalue weighted by molar-refractivity contribution is 7.90. The summed E-state index contributed by atoms with van der Waals surface area (Å²) in [6, 6.07) is 10.1. The van der Waals surface area contributed by atoms with Crippen LogP contribution < -0.4 is 4.72 Å². The number of carbonyl (C=O) groups is 1. The number of carbonyl (C=O) groups excluding carboxylic acids is 1. The zero-order chi connectivity index (χ0) is 22.6. The van der Waals surface area contributed by atoms with Crippen molar-refractivity contribution in [1.29, 1.82) is 0 Å². The number of benzene rings is 2. The molecular formula is C21H23Cl2N3O4S. The number of aromatic nitrogens is 2. The fourth-order valence-electron chi connectivity index (χ4n) is 3.14. The van der Waals surface area contributed by atoms with Crippen LogP contribution in [0.15, 0.2) is 36.4 Å². The molecule has 0 aliphatic rings. The van der Waals surface area contributed by atoms with Gasteiger partial charge in [-0.05, 0) is 42.3 Å². The topological polar surface area (TPSA) is 90.3 Å². The molecule has 31 heavy (non-hydrogen) atoms. The second kappa shape index (κ2) is 9.99. The number of unbranched alkanes of at least 4 members (excludes halogenated alkanes) is 1. The highest BCUT2D eigenvalue weighted by Gasteiger charge is 2.18. The van der Waals surface area contributed by atoms with E-state index in [4.69, 9.17) is 27.9 Å². The number of fused-ring (bicyclic) bond motifs is 1. The highest BCUT2D eigenvalue weighted by Crippen LogP contribution is 2.25. The predicted molar refractivity (Wildman–Crippen MR) is 122 cm³/mol. The first-order chi connectivity index (χ1) is 14.7. The van der Waals surface area contributed by atoms with Crippen LogP contribution in [0.25, 0.3) is 11.0 Å². The first-order valence-electron chi connectivity index (χ1n) is 9.71. The van der Waals surface area contributed by atoms with Gasteiger partial charge in [-0.3, -0.25) is 4.79 Å². The van der Waals surface area contributed by atoms with Crippen molar-refractivity contribution < 1.29 is 17.9 Å². The summed E-state index contributed by atoms with van der Waals surface area (Å²) < 4.78 is 33.5. The van der Waals surface area contributed by atoms with E-state index < -0.39 is 15.9 Å². The first-order valence-corrected chi connectivity index (χ1v) is 12.1. The van der Waals surface area contributed by atoms with Gasteiger partial charge < -0.3 is 9.30 Å². The number of rotatable bonds is 9. The molecule has 0 atom stereocenters. The molecule has 0 fully saturated rings. The average molecular weight is 484 g/mol. The molecule has 3 aromatic rings. The molecule has 0 spiro atoms. The fraction of sp³-hybridized carbons (Fsp3) is 0.333. The van der Waals surface area contributed by atoms with E-state index in [1.807, 2.05) is 17.6 Å². The van der Waals surface area contributed by atoms with Gasteiger partial charge in [0.25, 0.3) is 5.91 Å². The van der Waals surface area contributed by atoms with Gasteiger partial charge >= 0.3 is 0 Å². The lowest BCUT2D eigenvalue weighted by Gasteiger charge is -2.11. The summed E-state index contributed by atoms with van der Waals surface area (Å²) in [4.78, 5) is 17.2. The lowest BCUT2D eigenvalue weighted by Crippen LogP contribution is -2.32. The summed E-state index contributed by atoms with van der Waals surface area (Å²) in [6.45, 7) is 2.52. The van der Waals surface area contributed by atoms with Crippen molar-refractivity contribution in [2.45, 2.75) is 32.9 Å². The lowest BCUT2D eigenvalue weighted by molar-refractivity contribution is 0.0981. The second-order valence-corrected chi connectivity index (χ2v) is 9.78. The maximum absolute atomic E-state index is 12.6. The van der Waals surface area contributed by atoms with Gasteiger partial charge in [-0.1, -0.05) is 42.6 Å². The minimum absolute atomic E-state index is 0.0948. The zero-order valence-corrected chi connectivity index (χ0v) is 19.5. The Hall–Kier alpha value is -2.13. The van der Waals surface area contributed by atoms with Gasteiger partial charge in [0.1, 0.15) is 12.4 Å². The van der Waals surface area contributed by atoms with Crippen LogP contribution in [0, 0.1) is 0 Å². The van der Waals surface area contributed by atoms with Crippen molar-refractivity contribution in [2.75, 3.05) is 12.9 Å². The Kier molecular flexibility index (Phi) is 7.59. The average Bonchev–Trinajstić information content (AvgIpc) is 3.05. The van der Waals surface area contributed by atoms with Crippen LogP contribution in [-0.4, -0.2) is 36.7 Å². The maximum atomic E-state index is 12.6. The van der Waals surface area contributed by atoms with Crippen LogP contribution in [0.1, 0.15) is 41.5 Å². The van der Waals surface area contributed by atoms with E-state index in [-0.39, 0.29) is 17.9 Å². The minimum Gasteiger partial charge on any atom is -0.377 e. The first kappa shape index (κ1) is 23.5. The molecule has 0 radical (unpaired) electrons. The van der Waals surface area contributed by atoms with E-state index >= 15 is 0 Å². The Morgan fingerprint density at radius 3 is 2.65 bits per heavy atom. The third kappa shape index (κ3) is 5.77. The van der Waals surface area contributed by atoms with E-state index in [1.165, 1.54) is 0 Å². The Morgan fingerprint density at radius 1 is 1.19 bits per heavy atom. The maximum Gasteiger partial charge on any atom is 0.264 e. The molecule has 0 aliphatic heterocycles. The lowest BCUT2D eigenvalue weighted by atomic mass is 10.2. The van der Waals surface area contributed by atoms with Gasteiger partial charge in [-0.25, -0.2) is 18.1 Å². The van der Waals surface area contributed by atoms with Crippen molar-refractivity contribution in [3.8, 4) is 0 Å². The zero-order valence-electron chi connectivity index (χ0n) is 17.2. The third-order valence-electron chi connectivity index (χ3n) is 4.72. The normalized spacial score (nSPS) is 11.7. The number of nitrogens with one attached hydrogen (secondary N) is 1. The van der Waals surface area contributed by atoms with Crippen LogP contribution in [0.4, 0.5) is 0 Å². The molecule has 1 heterocycles. The van der Waals surface area contributed by atoms with Crippen molar-refractivity contribution in [1.82, 2.24) is 14.3 Å². The summed E-state index contributed by atoms with van der Waals surface area (Å²) >= 11 is 12.3. The van der Waals surface area contributed by atoms with Crippen LogP contribution in [0.2, 0.25) is 10.0 Å². The Labute approximate surface area is 191 Å². The SMILES string of the molecule is CCCCS(=O)(=O)NC(=O)c1ccc2nc(COC)n(Cc3ccc(Cl)cc3Cl)c2c1. The van der Waals surface area contributed by atoms with Gasteiger partial charge in [0, 0.05) is 22.7 Å². The largest absolute Gasteiger partial charge is 0.377 e. The summed E-state index contributed by atoms with van der Waals surface area (Å²) in [5, 5.41) is 1.04. The minimum atomic E-state index is -3.69. The van der Waals surface area contributed by atoms with Gasteiger partial charge in [-0.15, -0.1) is 0 Å². The van der Waals surface area contributed by atoms with Gasteiger partial charge in [0.05, 0.1) is 23.3 Å². The smallest absolute Gasteiger partial charge is 0.264 e. The summed E-state index contributed by atoms with van der Waals surface area (Å²) in [5.74, 6) is -0.122. The van der Waals surface area contributed by atoms with Crippen molar-refractivity contribution >= 4 is 50.2 Å². The number of ether oxygens (including phenoxy) is 1. The molecule has 1 amide bonds. The van der Waals surface area contributed by atoms with Crippen molar-refractivity contribution in [3.05, 3.63) is 63.4 Å². The molecule has 7 nitrogen and oxygen atoms in total. The Bertz CT molecular complexity index is 1210. The molecule has 0 saturated carbocycles. The monoisotopic (exact) mass is 483 g/mol. The molecular weight excluding hydrogens is 461 g/mol. The van der Waals surface area contributed by atoms with Gasteiger partial charge in [0.2, 0.25) is 10.0 Å². The van der Waals surface area contributed by atoms with E-state index in [0.29, 0.717) is 39.9 Å². The van der Waals surface area contributed by atoms with Crippen LogP contribution in [-0.2, 0) is 27.9 Å². The van der Waals surface area contributed by atoms with Gasteiger partial charge in [0.15, 0.2) is 0 Å². The van der Waals surface area contributed by atoms with Crippen LogP contribution in [0.3, 0.4) is 0 Å². The van der Waals surface area contributed by atoms with E-state index in [2.05, 4.69) is 9.71 Å². The number of methoxy groups -OCH3 is 1. The standard InChI is InChI=1S/C21H23Cl2N3O4S/c1-3-4-9-31(28,29)25-21(27)14-6-8-18-19(10-14)26(20(24-18)13-30-2)12-15-5-7-16(22)11-17(15)23/h5-8,10-11H,3-4,9,12-13H2,1-2H3,(H,25,27). The number of hydrogen-bond acceptors (Lipinski definition) is 5. The molecule has 3 rings (SSSR count). The molecule has 0 bridgehead atoms.